The van der Waals surface area contributed by atoms with E-state index in [1.807, 2.05) is 18.2 Å². The molecule has 5 heteroatoms. The van der Waals surface area contributed by atoms with E-state index < -0.39 is 11.2 Å². The van der Waals surface area contributed by atoms with Crippen LogP contribution in [0.1, 0.15) is 0 Å². The summed E-state index contributed by atoms with van der Waals surface area (Å²) >= 11 is 1.22. The Morgan fingerprint density at radius 2 is 1.95 bits per heavy atom. The number of fused-ring (bicyclic) bond motifs is 1. The first-order valence-corrected chi connectivity index (χ1v) is 6.60. The van der Waals surface area contributed by atoms with Crippen molar-refractivity contribution in [1.29, 1.82) is 0 Å². The van der Waals surface area contributed by atoms with E-state index >= 15 is 0 Å². The standard InChI is InChI=1S/C14H14O4S/c1-18-8-13(14(16)17)19-12-7-6-11(15)9-4-2-3-5-10(9)12/h2-7,13,15H,8H2,1H3,(H,16,17). The Labute approximate surface area is 115 Å². The first-order valence-electron chi connectivity index (χ1n) is 5.72. The third-order valence-electron chi connectivity index (χ3n) is 2.72. The van der Waals surface area contributed by atoms with Gasteiger partial charge in [0.25, 0.3) is 0 Å². The number of hydrogen-bond acceptors (Lipinski definition) is 4. The summed E-state index contributed by atoms with van der Waals surface area (Å²) in [5.74, 6) is -0.720. The average molecular weight is 278 g/mol. The van der Waals surface area contributed by atoms with Crippen molar-refractivity contribution in [2.24, 2.45) is 0 Å². The molecular weight excluding hydrogens is 264 g/mol. The molecule has 1 atom stereocenters. The van der Waals surface area contributed by atoms with Crippen molar-refractivity contribution in [3.05, 3.63) is 36.4 Å². The Kier molecular flexibility index (Phi) is 4.29. The van der Waals surface area contributed by atoms with Crippen LogP contribution in [0.4, 0.5) is 0 Å². The summed E-state index contributed by atoms with van der Waals surface area (Å²) in [7, 11) is 1.48. The topological polar surface area (TPSA) is 66.8 Å². The van der Waals surface area contributed by atoms with Gasteiger partial charge in [0.15, 0.2) is 0 Å². The van der Waals surface area contributed by atoms with Gasteiger partial charge in [0.1, 0.15) is 11.0 Å². The van der Waals surface area contributed by atoms with Gasteiger partial charge < -0.3 is 14.9 Å². The van der Waals surface area contributed by atoms with Gasteiger partial charge in [-0.2, -0.15) is 0 Å². The maximum Gasteiger partial charge on any atom is 0.319 e. The number of rotatable bonds is 5. The van der Waals surface area contributed by atoms with Crippen LogP contribution >= 0.6 is 11.8 Å². The molecule has 0 amide bonds. The summed E-state index contributed by atoms with van der Waals surface area (Å²) in [6, 6.07) is 10.7. The fourth-order valence-electron chi connectivity index (χ4n) is 1.82. The molecule has 0 radical (unpaired) electrons. The van der Waals surface area contributed by atoms with Crippen molar-refractivity contribution in [2.45, 2.75) is 10.1 Å². The van der Waals surface area contributed by atoms with E-state index in [0.717, 1.165) is 10.3 Å². The maximum absolute atomic E-state index is 11.1. The lowest BCUT2D eigenvalue weighted by Gasteiger charge is -2.13. The fraction of sp³-hybridized carbons (Fsp3) is 0.214. The van der Waals surface area contributed by atoms with Crippen LogP contribution in [0.3, 0.4) is 0 Å². The molecule has 0 spiro atoms. The molecule has 0 aromatic heterocycles. The van der Waals surface area contributed by atoms with E-state index in [2.05, 4.69) is 0 Å². The first-order chi connectivity index (χ1) is 9.13. The Hall–Kier alpha value is -1.72. The molecule has 19 heavy (non-hydrogen) atoms. The van der Waals surface area contributed by atoms with Crippen molar-refractivity contribution >= 4 is 28.5 Å². The monoisotopic (exact) mass is 278 g/mol. The van der Waals surface area contributed by atoms with Gasteiger partial charge in [-0.25, -0.2) is 0 Å². The van der Waals surface area contributed by atoms with Crippen LogP contribution in [0.25, 0.3) is 10.8 Å². The number of carboxylic acids is 1. The summed E-state index contributed by atoms with van der Waals surface area (Å²) in [5, 5.41) is 19.8. The molecule has 2 rings (SSSR count). The van der Waals surface area contributed by atoms with Crippen molar-refractivity contribution in [1.82, 2.24) is 0 Å². The molecule has 2 N–H and O–H groups in total. The number of thioether (sulfide) groups is 1. The number of methoxy groups -OCH3 is 1. The highest BCUT2D eigenvalue weighted by Gasteiger charge is 2.20. The third kappa shape index (κ3) is 3.00. The fourth-order valence-corrected chi connectivity index (χ4v) is 2.88. The number of hydrogen-bond donors (Lipinski definition) is 2. The minimum absolute atomic E-state index is 0.134. The maximum atomic E-state index is 11.1. The summed E-state index contributed by atoms with van der Waals surface area (Å²) in [6.45, 7) is 0.134. The summed E-state index contributed by atoms with van der Waals surface area (Å²) in [6.07, 6.45) is 0. The number of phenolic OH excluding ortho intramolecular Hbond substituents is 1. The highest BCUT2D eigenvalue weighted by molar-refractivity contribution is 8.00. The Morgan fingerprint density at radius 1 is 1.26 bits per heavy atom. The van der Waals surface area contributed by atoms with Gasteiger partial charge in [-0.3, -0.25) is 4.79 Å². The zero-order chi connectivity index (χ0) is 13.8. The summed E-state index contributed by atoms with van der Waals surface area (Å²) in [4.78, 5) is 12.0. The van der Waals surface area contributed by atoms with Gasteiger partial charge in [-0.1, -0.05) is 24.3 Å². The molecule has 0 bridgehead atoms. The van der Waals surface area contributed by atoms with Crippen LogP contribution < -0.4 is 0 Å². The van der Waals surface area contributed by atoms with Gasteiger partial charge in [0, 0.05) is 17.4 Å². The highest BCUT2D eigenvalue weighted by Crippen LogP contribution is 2.35. The van der Waals surface area contributed by atoms with Gasteiger partial charge in [0.2, 0.25) is 0 Å². The Bertz CT molecular complexity index is 597. The van der Waals surface area contributed by atoms with Gasteiger partial charge >= 0.3 is 5.97 Å². The number of benzene rings is 2. The second-order valence-electron chi connectivity index (χ2n) is 4.03. The molecule has 4 nitrogen and oxygen atoms in total. The van der Waals surface area contributed by atoms with Crippen molar-refractivity contribution in [2.75, 3.05) is 13.7 Å². The zero-order valence-corrected chi connectivity index (χ0v) is 11.2. The second-order valence-corrected chi connectivity index (χ2v) is 5.27. The molecule has 0 aliphatic heterocycles. The van der Waals surface area contributed by atoms with Crippen LogP contribution in [-0.2, 0) is 9.53 Å². The van der Waals surface area contributed by atoms with E-state index in [1.54, 1.807) is 18.2 Å². The van der Waals surface area contributed by atoms with E-state index in [9.17, 15) is 9.90 Å². The molecule has 2 aromatic carbocycles. The van der Waals surface area contributed by atoms with Crippen LogP contribution in [0.5, 0.6) is 5.75 Å². The molecule has 100 valence electrons. The lowest BCUT2D eigenvalue weighted by molar-refractivity contribution is -0.137. The van der Waals surface area contributed by atoms with Crippen LogP contribution in [0.15, 0.2) is 41.3 Å². The van der Waals surface area contributed by atoms with Gasteiger partial charge in [-0.05, 0) is 17.5 Å². The molecule has 0 saturated heterocycles. The number of ether oxygens (including phenoxy) is 1. The molecule has 1 unspecified atom stereocenters. The van der Waals surface area contributed by atoms with Crippen molar-refractivity contribution in [3.63, 3.8) is 0 Å². The molecule has 0 aliphatic rings. The molecule has 0 heterocycles. The lowest BCUT2D eigenvalue weighted by atomic mass is 10.1. The lowest BCUT2D eigenvalue weighted by Crippen LogP contribution is -2.21. The smallest absolute Gasteiger partial charge is 0.319 e. The quantitative estimate of drug-likeness (QED) is 0.823. The number of aromatic hydroxyl groups is 1. The number of phenols is 1. The van der Waals surface area contributed by atoms with Crippen LogP contribution in [0, 0.1) is 0 Å². The molecule has 0 saturated carbocycles. The minimum Gasteiger partial charge on any atom is -0.507 e. The second kappa shape index (κ2) is 5.95. The molecular formula is C14H14O4S. The number of carbonyl (C=O) groups is 1. The normalized spacial score (nSPS) is 12.5. The molecule has 0 fully saturated rings. The van der Waals surface area contributed by atoms with Crippen LogP contribution in [-0.4, -0.2) is 35.1 Å². The van der Waals surface area contributed by atoms with Crippen molar-refractivity contribution in [3.8, 4) is 5.75 Å². The summed E-state index contributed by atoms with van der Waals surface area (Å²) < 4.78 is 4.92. The Balaban J connectivity index is 2.40. The van der Waals surface area contributed by atoms with Crippen LogP contribution in [0.2, 0.25) is 0 Å². The van der Waals surface area contributed by atoms with E-state index in [4.69, 9.17) is 9.84 Å². The summed E-state index contributed by atoms with van der Waals surface area (Å²) in [5.41, 5.74) is 0. The highest BCUT2D eigenvalue weighted by atomic mass is 32.2. The van der Waals surface area contributed by atoms with E-state index in [1.165, 1.54) is 18.9 Å². The average Bonchev–Trinajstić information content (AvgIpc) is 2.41. The minimum atomic E-state index is -0.913. The number of aliphatic carboxylic acids is 1. The molecule has 2 aromatic rings. The zero-order valence-electron chi connectivity index (χ0n) is 10.4. The van der Waals surface area contributed by atoms with Crippen molar-refractivity contribution < 1.29 is 19.7 Å². The van der Waals surface area contributed by atoms with Gasteiger partial charge in [0.05, 0.1) is 6.61 Å². The predicted octanol–water partition coefficient (Wildman–Crippen LogP) is 2.74. The first kappa shape index (κ1) is 13.7. The third-order valence-corrected chi connectivity index (χ3v) is 3.96. The van der Waals surface area contributed by atoms with Gasteiger partial charge in [-0.15, -0.1) is 11.8 Å². The van der Waals surface area contributed by atoms with E-state index in [-0.39, 0.29) is 12.4 Å². The van der Waals surface area contributed by atoms with E-state index in [0.29, 0.717) is 5.39 Å². The predicted molar refractivity (Wildman–Crippen MR) is 74.8 cm³/mol. The Morgan fingerprint density at radius 3 is 2.58 bits per heavy atom. The largest absolute Gasteiger partial charge is 0.507 e. The SMILES string of the molecule is COCC(Sc1ccc(O)c2ccccc12)C(=O)O. The molecule has 0 aliphatic carbocycles. The number of carboxylic acid groups (broad SMARTS) is 1.